The Bertz CT molecular complexity index is 569. The summed E-state index contributed by atoms with van der Waals surface area (Å²) in [5.74, 6) is 0.460. The number of amides is 2. The largest absolute Gasteiger partial charge is 0.354 e. The van der Waals surface area contributed by atoms with Crippen molar-refractivity contribution in [1.82, 2.24) is 15.2 Å². The summed E-state index contributed by atoms with van der Waals surface area (Å²) in [6.07, 6.45) is 4.22. The Kier molecular flexibility index (Phi) is 12.1. The Labute approximate surface area is 172 Å². The van der Waals surface area contributed by atoms with E-state index in [1.165, 1.54) is 0 Å². The first-order chi connectivity index (χ1) is 11.5. The molecule has 2 heterocycles. The highest BCUT2D eigenvalue weighted by atomic mass is 35.5. The standard InChI is InChI=1S/C17H28N4O2S.2ClH/c1-12(2)9-16-20-14(11-24-16)17(23)21-8-4-3-5-13(21)10-19-15(22)6-7-18;;/h11-13H,3-10,18H2,1-2H3,(H,19,22);2*1H. The molecule has 0 bridgehead atoms. The fraction of sp³-hybridized carbons (Fsp3) is 0.706. The van der Waals surface area contributed by atoms with Gasteiger partial charge in [-0.05, 0) is 25.2 Å². The first-order valence-corrected chi connectivity index (χ1v) is 9.61. The molecule has 1 unspecified atom stereocenters. The van der Waals surface area contributed by atoms with E-state index in [9.17, 15) is 9.59 Å². The van der Waals surface area contributed by atoms with Gasteiger partial charge in [0.15, 0.2) is 0 Å². The molecule has 2 rings (SSSR count). The summed E-state index contributed by atoms with van der Waals surface area (Å²) in [7, 11) is 0. The molecule has 2 amide bonds. The minimum Gasteiger partial charge on any atom is -0.354 e. The molecule has 0 saturated carbocycles. The van der Waals surface area contributed by atoms with Gasteiger partial charge in [0.25, 0.3) is 5.91 Å². The number of thiazole rings is 1. The molecule has 1 aromatic heterocycles. The summed E-state index contributed by atoms with van der Waals surface area (Å²) in [6.45, 7) is 5.86. The van der Waals surface area contributed by atoms with Crippen LogP contribution in [-0.4, -0.2) is 47.4 Å². The molecule has 0 radical (unpaired) electrons. The molecule has 1 aliphatic rings. The van der Waals surface area contributed by atoms with Gasteiger partial charge in [-0.15, -0.1) is 36.2 Å². The second kappa shape index (κ2) is 12.5. The second-order valence-electron chi connectivity index (χ2n) is 6.72. The van der Waals surface area contributed by atoms with Crippen LogP contribution in [0, 0.1) is 5.92 Å². The predicted molar refractivity (Wildman–Crippen MR) is 111 cm³/mol. The van der Waals surface area contributed by atoms with Gasteiger partial charge in [-0.25, -0.2) is 4.98 Å². The van der Waals surface area contributed by atoms with E-state index in [2.05, 4.69) is 24.1 Å². The summed E-state index contributed by atoms with van der Waals surface area (Å²) in [5.41, 5.74) is 5.93. The molecule has 1 fully saturated rings. The first-order valence-electron chi connectivity index (χ1n) is 8.73. The minimum absolute atomic E-state index is 0. The van der Waals surface area contributed by atoms with Gasteiger partial charge in [-0.3, -0.25) is 9.59 Å². The van der Waals surface area contributed by atoms with Crippen LogP contribution in [0.15, 0.2) is 5.38 Å². The van der Waals surface area contributed by atoms with Crippen molar-refractivity contribution in [2.24, 2.45) is 11.7 Å². The van der Waals surface area contributed by atoms with Crippen LogP contribution in [-0.2, 0) is 11.2 Å². The second-order valence-corrected chi connectivity index (χ2v) is 7.66. The monoisotopic (exact) mass is 424 g/mol. The van der Waals surface area contributed by atoms with Crippen molar-refractivity contribution in [2.75, 3.05) is 19.6 Å². The lowest BCUT2D eigenvalue weighted by molar-refractivity contribution is -0.121. The Hall–Kier alpha value is -0.890. The Balaban J connectivity index is 0.00000312. The minimum atomic E-state index is -0.0525. The normalized spacial score (nSPS) is 16.6. The molecule has 1 aromatic rings. The number of nitrogens with one attached hydrogen (secondary N) is 1. The van der Waals surface area contributed by atoms with E-state index < -0.39 is 0 Å². The average Bonchev–Trinajstić information content (AvgIpc) is 3.00. The van der Waals surface area contributed by atoms with Crippen molar-refractivity contribution in [3.63, 3.8) is 0 Å². The van der Waals surface area contributed by atoms with E-state index in [1.807, 2.05) is 10.3 Å². The molecule has 26 heavy (non-hydrogen) atoms. The van der Waals surface area contributed by atoms with Crippen LogP contribution in [0.3, 0.4) is 0 Å². The smallest absolute Gasteiger partial charge is 0.273 e. The molecule has 9 heteroatoms. The van der Waals surface area contributed by atoms with Gasteiger partial charge in [0.05, 0.1) is 5.01 Å². The molecular formula is C17H30Cl2N4O2S. The molecule has 1 saturated heterocycles. The maximum Gasteiger partial charge on any atom is 0.273 e. The van der Waals surface area contributed by atoms with Crippen LogP contribution >= 0.6 is 36.2 Å². The summed E-state index contributed by atoms with van der Waals surface area (Å²) < 4.78 is 0. The van der Waals surface area contributed by atoms with Crippen LogP contribution < -0.4 is 11.1 Å². The summed E-state index contributed by atoms with van der Waals surface area (Å²) >= 11 is 1.55. The predicted octanol–water partition coefficient (Wildman–Crippen LogP) is 2.64. The fourth-order valence-electron chi connectivity index (χ4n) is 2.93. The van der Waals surface area contributed by atoms with Crippen LogP contribution in [0.5, 0.6) is 0 Å². The van der Waals surface area contributed by atoms with Crippen molar-refractivity contribution in [2.45, 2.75) is 52.0 Å². The number of carbonyl (C=O) groups is 2. The van der Waals surface area contributed by atoms with Crippen molar-refractivity contribution >= 4 is 48.0 Å². The van der Waals surface area contributed by atoms with Crippen molar-refractivity contribution in [3.8, 4) is 0 Å². The van der Waals surface area contributed by atoms with Gasteiger partial charge in [-0.1, -0.05) is 13.8 Å². The number of likely N-dealkylation sites (tertiary alicyclic amines) is 1. The molecule has 1 atom stereocenters. The van der Waals surface area contributed by atoms with E-state index in [-0.39, 0.29) is 42.7 Å². The van der Waals surface area contributed by atoms with Crippen LogP contribution in [0.1, 0.15) is 55.0 Å². The van der Waals surface area contributed by atoms with E-state index in [0.29, 0.717) is 31.1 Å². The van der Waals surface area contributed by atoms with Gasteiger partial charge in [0, 0.05) is 43.9 Å². The van der Waals surface area contributed by atoms with Gasteiger partial charge in [-0.2, -0.15) is 0 Å². The number of carbonyl (C=O) groups excluding carboxylic acids is 2. The lowest BCUT2D eigenvalue weighted by Gasteiger charge is -2.35. The summed E-state index contributed by atoms with van der Waals surface area (Å²) in [5, 5.41) is 5.76. The average molecular weight is 425 g/mol. The quantitative estimate of drug-likeness (QED) is 0.703. The number of nitrogens with two attached hydrogens (primary N) is 1. The Morgan fingerprint density at radius 2 is 2.12 bits per heavy atom. The Morgan fingerprint density at radius 3 is 2.77 bits per heavy atom. The zero-order valence-electron chi connectivity index (χ0n) is 15.4. The Morgan fingerprint density at radius 1 is 1.38 bits per heavy atom. The number of hydrogen-bond acceptors (Lipinski definition) is 5. The van der Waals surface area contributed by atoms with Gasteiger partial charge in [0.1, 0.15) is 5.69 Å². The molecule has 150 valence electrons. The SMILES string of the molecule is CC(C)Cc1nc(C(=O)N2CCCCC2CNC(=O)CCN)cs1.Cl.Cl. The topological polar surface area (TPSA) is 88.3 Å². The molecule has 0 aliphatic carbocycles. The lowest BCUT2D eigenvalue weighted by Crippen LogP contribution is -2.49. The highest BCUT2D eigenvalue weighted by Crippen LogP contribution is 2.21. The highest BCUT2D eigenvalue weighted by molar-refractivity contribution is 7.09. The molecule has 3 N–H and O–H groups in total. The van der Waals surface area contributed by atoms with Gasteiger partial charge < -0.3 is 16.0 Å². The van der Waals surface area contributed by atoms with Crippen molar-refractivity contribution in [1.29, 1.82) is 0 Å². The maximum atomic E-state index is 12.8. The summed E-state index contributed by atoms with van der Waals surface area (Å²) in [6, 6.07) is 0.0447. The molecule has 1 aliphatic heterocycles. The summed E-state index contributed by atoms with van der Waals surface area (Å²) in [4.78, 5) is 30.8. The number of aromatic nitrogens is 1. The van der Waals surface area contributed by atoms with Crippen LogP contribution in [0.25, 0.3) is 0 Å². The van der Waals surface area contributed by atoms with Crippen molar-refractivity contribution in [3.05, 3.63) is 16.1 Å². The van der Waals surface area contributed by atoms with E-state index in [1.54, 1.807) is 11.3 Å². The number of nitrogens with zero attached hydrogens (tertiary/aromatic N) is 2. The number of hydrogen-bond donors (Lipinski definition) is 2. The third-order valence-corrected chi connectivity index (χ3v) is 5.02. The van der Waals surface area contributed by atoms with E-state index in [0.717, 1.165) is 37.2 Å². The molecular weight excluding hydrogens is 395 g/mol. The third kappa shape index (κ3) is 7.39. The third-order valence-electron chi connectivity index (χ3n) is 4.15. The molecule has 0 spiro atoms. The molecule has 6 nitrogen and oxygen atoms in total. The zero-order valence-corrected chi connectivity index (χ0v) is 17.9. The number of rotatable bonds is 7. The van der Waals surface area contributed by atoms with E-state index in [4.69, 9.17) is 5.73 Å². The van der Waals surface area contributed by atoms with Crippen LogP contribution in [0.2, 0.25) is 0 Å². The molecule has 0 aromatic carbocycles. The number of halogens is 2. The van der Waals surface area contributed by atoms with Crippen molar-refractivity contribution < 1.29 is 9.59 Å². The maximum absolute atomic E-state index is 12.8. The van der Waals surface area contributed by atoms with Gasteiger partial charge >= 0.3 is 0 Å². The van der Waals surface area contributed by atoms with Gasteiger partial charge in [0.2, 0.25) is 5.91 Å². The highest BCUT2D eigenvalue weighted by Gasteiger charge is 2.29. The fourth-order valence-corrected chi connectivity index (χ4v) is 3.91. The first kappa shape index (κ1) is 25.1. The van der Waals surface area contributed by atoms with E-state index >= 15 is 0 Å². The zero-order chi connectivity index (χ0) is 17.5. The lowest BCUT2D eigenvalue weighted by atomic mass is 10.0. The number of piperidine rings is 1. The van der Waals surface area contributed by atoms with Crippen LogP contribution in [0.4, 0.5) is 0 Å².